The van der Waals surface area contributed by atoms with E-state index in [-0.39, 0.29) is 30.6 Å². The number of hydrogen-bond donors (Lipinski definition) is 1. The van der Waals surface area contributed by atoms with Gasteiger partial charge in [0.2, 0.25) is 0 Å². The molecule has 3 aromatic rings. The van der Waals surface area contributed by atoms with Gasteiger partial charge in [-0.2, -0.15) is 0 Å². The molecule has 0 saturated carbocycles. The van der Waals surface area contributed by atoms with Gasteiger partial charge in [0.15, 0.2) is 0 Å². The maximum atomic E-state index is 12.5. The fraction of sp³-hybridized carbons (Fsp3) is 0.217. The number of carbonyl (C=O) groups is 2. The molecule has 5 nitrogen and oxygen atoms in total. The molecule has 0 aliphatic carbocycles. The molecule has 0 atom stereocenters. The van der Waals surface area contributed by atoms with Crippen LogP contribution in [0.1, 0.15) is 27.7 Å². The van der Waals surface area contributed by atoms with Crippen molar-refractivity contribution in [3.8, 4) is 16.9 Å². The van der Waals surface area contributed by atoms with Gasteiger partial charge in [-0.3, -0.25) is 9.59 Å². The lowest BCUT2D eigenvalue weighted by Gasteiger charge is -2.08. The van der Waals surface area contributed by atoms with E-state index in [1.807, 2.05) is 24.3 Å². The monoisotopic (exact) mass is 463 g/mol. The number of amides is 1. The number of rotatable bonds is 8. The number of alkyl halides is 3. The molecule has 0 aliphatic rings. The highest BCUT2D eigenvalue weighted by atomic mass is 32.1. The van der Waals surface area contributed by atoms with Gasteiger partial charge in [0.05, 0.1) is 17.9 Å². The van der Waals surface area contributed by atoms with Crippen molar-refractivity contribution in [3.63, 3.8) is 0 Å². The fourth-order valence-electron chi connectivity index (χ4n) is 2.95. The third kappa shape index (κ3) is 6.84. The Hall–Kier alpha value is -3.33. The number of halogens is 3. The van der Waals surface area contributed by atoms with Crippen LogP contribution in [0.4, 0.5) is 13.2 Å². The summed E-state index contributed by atoms with van der Waals surface area (Å²) in [4.78, 5) is 24.6. The van der Waals surface area contributed by atoms with Crippen molar-refractivity contribution in [3.05, 3.63) is 76.0 Å². The summed E-state index contributed by atoms with van der Waals surface area (Å²) in [5, 5.41) is 4.59. The van der Waals surface area contributed by atoms with Crippen LogP contribution in [0, 0.1) is 0 Å². The summed E-state index contributed by atoms with van der Waals surface area (Å²) in [6.45, 7) is 2.35. The summed E-state index contributed by atoms with van der Waals surface area (Å²) in [6, 6.07) is 14.4. The topological polar surface area (TPSA) is 64.6 Å². The third-order valence-corrected chi connectivity index (χ3v) is 5.27. The Kier molecular flexibility index (Phi) is 7.53. The minimum absolute atomic E-state index is 0.163. The zero-order chi connectivity index (χ0) is 23.1. The molecule has 1 amide bonds. The Morgan fingerprint density at radius 1 is 1.00 bits per heavy atom. The Labute approximate surface area is 186 Å². The van der Waals surface area contributed by atoms with Gasteiger partial charge in [-0.05, 0) is 52.8 Å². The van der Waals surface area contributed by atoms with Gasteiger partial charge < -0.3 is 14.8 Å². The lowest BCUT2D eigenvalue weighted by atomic mass is 10.1. The number of hydrogen-bond acceptors (Lipinski definition) is 5. The summed E-state index contributed by atoms with van der Waals surface area (Å²) in [6.07, 6.45) is -4.58. The van der Waals surface area contributed by atoms with E-state index in [4.69, 9.17) is 4.74 Å². The van der Waals surface area contributed by atoms with Crippen LogP contribution >= 0.6 is 11.3 Å². The maximum Gasteiger partial charge on any atom is 0.573 e. The first-order valence-corrected chi connectivity index (χ1v) is 10.6. The summed E-state index contributed by atoms with van der Waals surface area (Å²) >= 11 is 1.23. The standard InChI is InChI=1S/C23H20F3NO4S/c1-2-30-21(28)11-15-4-3-5-16(10-15)13-27-22(29)20-12-18(14-32-20)17-6-8-19(9-7-17)31-23(24,25)26/h3-10,12,14H,2,11,13H2,1H3,(H,27,29). The number of benzene rings is 2. The lowest BCUT2D eigenvalue weighted by molar-refractivity contribution is -0.274. The van der Waals surface area contributed by atoms with Gasteiger partial charge in [0.25, 0.3) is 5.91 Å². The Bertz CT molecular complexity index is 1080. The second-order valence-electron chi connectivity index (χ2n) is 6.76. The molecule has 0 radical (unpaired) electrons. The molecule has 32 heavy (non-hydrogen) atoms. The lowest BCUT2D eigenvalue weighted by Crippen LogP contribution is -2.21. The van der Waals surface area contributed by atoms with Gasteiger partial charge >= 0.3 is 12.3 Å². The minimum atomic E-state index is -4.74. The molecule has 9 heteroatoms. The number of nitrogens with one attached hydrogen (secondary N) is 1. The van der Waals surface area contributed by atoms with Gasteiger partial charge in [-0.25, -0.2) is 0 Å². The number of ether oxygens (including phenoxy) is 2. The smallest absolute Gasteiger partial charge is 0.466 e. The first-order chi connectivity index (χ1) is 15.2. The van der Waals surface area contributed by atoms with Crippen LogP contribution in [0.25, 0.3) is 11.1 Å². The van der Waals surface area contributed by atoms with Crippen molar-refractivity contribution in [2.45, 2.75) is 26.3 Å². The Morgan fingerprint density at radius 3 is 2.41 bits per heavy atom. The van der Waals surface area contributed by atoms with Gasteiger partial charge in [-0.1, -0.05) is 36.4 Å². The van der Waals surface area contributed by atoms with E-state index in [2.05, 4.69) is 10.1 Å². The average Bonchev–Trinajstić information content (AvgIpc) is 3.22. The molecule has 2 aromatic carbocycles. The van der Waals surface area contributed by atoms with Gasteiger partial charge in [0, 0.05) is 6.54 Å². The molecule has 0 fully saturated rings. The van der Waals surface area contributed by atoms with E-state index in [0.717, 1.165) is 16.7 Å². The molecule has 0 unspecified atom stereocenters. The molecule has 1 N–H and O–H groups in total. The largest absolute Gasteiger partial charge is 0.573 e. The van der Waals surface area contributed by atoms with E-state index < -0.39 is 6.36 Å². The second kappa shape index (κ2) is 10.3. The van der Waals surface area contributed by atoms with Crippen LogP contribution in [-0.2, 0) is 22.5 Å². The predicted molar refractivity (Wildman–Crippen MR) is 114 cm³/mol. The van der Waals surface area contributed by atoms with Crippen LogP contribution in [0.15, 0.2) is 60.0 Å². The van der Waals surface area contributed by atoms with Crippen molar-refractivity contribution in [2.75, 3.05) is 6.61 Å². The van der Waals surface area contributed by atoms with E-state index in [1.165, 1.54) is 35.6 Å². The summed E-state index contributed by atoms with van der Waals surface area (Å²) in [7, 11) is 0. The maximum absolute atomic E-state index is 12.5. The van der Waals surface area contributed by atoms with Crippen LogP contribution in [0.2, 0.25) is 0 Å². The highest BCUT2D eigenvalue weighted by Gasteiger charge is 2.31. The zero-order valence-electron chi connectivity index (χ0n) is 17.1. The van der Waals surface area contributed by atoms with Crippen molar-refractivity contribution in [1.82, 2.24) is 5.32 Å². The first kappa shape index (κ1) is 23.3. The van der Waals surface area contributed by atoms with Crippen LogP contribution in [0.3, 0.4) is 0 Å². The molecule has 1 heterocycles. The van der Waals surface area contributed by atoms with E-state index in [1.54, 1.807) is 18.4 Å². The summed E-state index contributed by atoms with van der Waals surface area (Å²) < 4.78 is 45.6. The van der Waals surface area contributed by atoms with Crippen molar-refractivity contribution in [1.29, 1.82) is 0 Å². The molecule has 1 aromatic heterocycles. The van der Waals surface area contributed by atoms with Gasteiger partial charge in [-0.15, -0.1) is 24.5 Å². The average molecular weight is 463 g/mol. The SMILES string of the molecule is CCOC(=O)Cc1cccc(CNC(=O)c2cc(-c3ccc(OC(F)(F)F)cc3)cs2)c1. The molecule has 3 rings (SSSR count). The molecule has 0 bridgehead atoms. The highest BCUT2D eigenvalue weighted by molar-refractivity contribution is 7.12. The van der Waals surface area contributed by atoms with E-state index in [0.29, 0.717) is 17.0 Å². The minimum Gasteiger partial charge on any atom is -0.466 e. The zero-order valence-corrected chi connectivity index (χ0v) is 17.9. The number of carbonyl (C=O) groups excluding carboxylic acids is 2. The summed E-state index contributed by atoms with van der Waals surface area (Å²) in [5.41, 5.74) is 3.03. The Morgan fingerprint density at radius 2 is 1.72 bits per heavy atom. The normalized spacial score (nSPS) is 11.1. The molecular formula is C23H20F3NO4S. The highest BCUT2D eigenvalue weighted by Crippen LogP contribution is 2.29. The first-order valence-electron chi connectivity index (χ1n) is 9.70. The van der Waals surface area contributed by atoms with Crippen molar-refractivity contribution >= 4 is 23.2 Å². The number of thiophene rings is 1. The van der Waals surface area contributed by atoms with Gasteiger partial charge in [0.1, 0.15) is 5.75 Å². The predicted octanol–water partition coefficient (Wildman–Crippen LogP) is 5.35. The quantitative estimate of drug-likeness (QED) is 0.458. The van der Waals surface area contributed by atoms with Crippen LogP contribution in [-0.4, -0.2) is 24.8 Å². The van der Waals surface area contributed by atoms with Crippen molar-refractivity contribution in [2.24, 2.45) is 0 Å². The molecule has 0 spiro atoms. The van der Waals surface area contributed by atoms with E-state index >= 15 is 0 Å². The van der Waals surface area contributed by atoms with Crippen molar-refractivity contribution < 1.29 is 32.2 Å². The number of esters is 1. The van der Waals surface area contributed by atoms with E-state index in [9.17, 15) is 22.8 Å². The molecular weight excluding hydrogens is 443 g/mol. The molecule has 0 aliphatic heterocycles. The molecule has 0 saturated heterocycles. The van der Waals surface area contributed by atoms with Crippen LogP contribution in [0.5, 0.6) is 5.75 Å². The van der Waals surface area contributed by atoms with Crippen LogP contribution < -0.4 is 10.1 Å². The molecule has 168 valence electrons. The fourth-order valence-corrected chi connectivity index (χ4v) is 3.79. The Balaban J connectivity index is 1.59. The third-order valence-electron chi connectivity index (χ3n) is 4.34. The summed E-state index contributed by atoms with van der Waals surface area (Å²) in [5.74, 6) is -0.883. The second-order valence-corrected chi connectivity index (χ2v) is 7.67.